The zero-order chi connectivity index (χ0) is 10.1. The third kappa shape index (κ3) is 4.39. The van der Waals surface area contributed by atoms with Crippen LogP contribution in [0.2, 0.25) is 0 Å². The van der Waals surface area contributed by atoms with Gasteiger partial charge in [0.1, 0.15) is 11.6 Å². The number of rotatable bonds is 2. The molecule has 7 heteroatoms. The topological polar surface area (TPSA) is 80.4 Å². The molecule has 0 aliphatic heterocycles. The van der Waals surface area contributed by atoms with Crippen molar-refractivity contribution in [1.82, 2.24) is 0 Å². The summed E-state index contributed by atoms with van der Waals surface area (Å²) in [7, 11) is -4.11. The van der Waals surface area contributed by atoms with E-state index in [4.69, 9.17) is 10.3 Å². The van der Waals surface area contributed by atoms with E-state index in [2.05, 4.69) is 0 Å². The Morgan fingerprint density at radius 3 is 2.50 bits per heavy atom. The molecule has 1 rings (SSSR count). The molecule has 0 spiro atoms. The molecule has 74 valence electrons. The molecular formula is C7H9FNNaO3S. The van der Waals surface area contributed by atoms with E-state index in [0.29, 0.717) is 0 Å². The van der Waals surface area contributed by atoms with Crippen LogP contribution in [0.25, 0.3) is 0 Å². The fourth-order valence-electron chi connectivity index (χ4n) is 0.894. The number of nitrogen functional groups attached to an aromatic ring is 1. The van der Waals surface area contributed by atoms with Crippen LogP contribution >= 0.6 is 0 Å². The van der Waals surface area contributed by atoms with Gasteiger partial charge in [0.25, 0.3) is 10.1 Å². The summed E-state index contributed by atoms with van der Waals surface area (Å²) in [6.45, 7) is 0. The molecule has 14 heavy (non-hydrogen) atoms. The Kier molecular flexibility index (Phi) is 5.03. The zero-order valence-corrected chi connectivity index (χ0v) is 10.4. The van der Waals surface area contributed by atoms with E-state index >= 15 is 0 Å². The van der Waals surface area contributed by atoms with Crippen molar-refractivity contribution in [3.05, 3.63) is 29.6 Å². The van der Waals surface area contributed by atoms with Gasteiger partial charge in [-0.05, 0) is 17.7 Å². The van der Waals surface area contributed by atoms with Crippen LogP contribution in [0.5, 0.6) is 0 Å². The summed E-state index contributed by atoms with van der Waals surface area (Å²) >= 11 is 0. The molecule has 4 nitrogen and oxygen atoms in total. The molecule has 0 aromatic heterocycles. The summed E-state index contributed by atoms with van der Waals surface area (Å²) < 4.78 is 41.9. The molecule has 0 unspecified atom stereocenters. The van der Waals surface area contributed by atoms with Crippen molar-refractivity contribution in [1.29, 1.82) is 0 Å². The van der Waals surface area contributed by atoms with Crippen LogP contribution in [0.15, 0.2) is 18.2 Å². The number of halogens is 1. The van der Waals surface area contributed by atoms with Crippen molar-refractivity contribution in [3.63, 3.8) is 0 Å². The third-order valence-corrected chi connectivity index (χ3v) is 2.12. The summed E-state index contributed by atoms with van der Waals surface area (Å²) in [5, 5.41) is 0. The van der Waals surface area contributed by atoms with Gasteiger partial charge in [0.2, 0.25) is 0 Å². The first-order valence-corrected chi connectivity index (χ1v) is 4.98. The number of hydrogen-bond donors (Lipinski definition) is 2. The van der Waals surface area contributed by atoms with Gasteiger partial charge in [-0.2, -0.15) is 8.42 Å². The van der Waals surface area contributed by atoms with Crippen LogP contribution in [0, 0.1) is 5.82 Å². The number of hydrogen-bond acceptors (Lipinski definition) is 3. The van der Waals surface area contributed by atoms with E-state index in [0.717, 1.165) is 12.1 Å². The third-order valence-electron chi connectivity index (χ3n) is 1.45. The van der Waals surface area contributed by atoms with Crippen molar-refractivity contribution < 1.29 is 48.3 Å². The van der Waals surface area contributed by atoms with Gasteiger partial charge in [0, 0.05) is 5.69 Å². The molecule has 0 amide bonds. The largest absolute Gasteiger partial charge is 1.00 e. The Hall–Kier alpha value is -0.140. The van der Waals surface area contributed by atoms with Crippen LogP contribution in [0.4, 0.5) is 10.1 Å². The molecule has 0 atom stereocenters. The van der Waals surface area contributed by atoms with E-state index in [1.54, 1.807) is 0 Å². The van der Waals surface area contributed by atoms with Gasteiger partial charge in [0.05, 0.1) is 0 Å². The quantitative estimate of drug-likeness (QED) is 0.346. The minimum atomic E-state index is -4.11. The second kappa shape index (κ2) is 5.09. The normalized spacial score (nSPS) is 10.7. The number of anilines is 1. The smallest absolute Gasteiger partial charge is 1.00 e. The average Bonchev–Trinajstić information content (AvgIpc) is 1.93. The molecule has 1 aromatic carbocycles. The molecule has 3 N–H and O–H groups in total. The standard InChI is InChI=1S/C7H8FNO3S.Na.H/c8-6-2-1-5(7(9)3-6)4-13(10,11)12;;/h1-3H,4,9H2,(H,10,11,12);;/q;+1;-1. The van der Waals surface area contributed by atoms with Gasteiger partial charge >= 0.3 is 29.6 Å². The molecule has 0 radical (unpaired) electrons. The second-order valence-electron chi connectivity index (χ2n) is 2.57. The van der Waals surface area contributed by atoms with E-state index in [1.165, 1.54) is 6.07 Å². The predicted molar refractivity (Wildman–Crippen MR) is 47.2 cm³/mol. The maximum atomic E-state index is 12.5. The zero-order valence-electron chi connectivity index (χ0n) is 8.57. The molecule has 1 aromatic rings. The molecule has 0 saturated heterocycles. The Morgan fingerprint density at radius 1 is 1.50 bits per heavy atom. The predicted octanol–water partition coefficient (Wildman–Crippen LogP) is -2.09. The van der Waals surface area contributed by atoms with Crippen molar-refractivity contribution in [2.24, 2.45) is 0 Å². The molecule has 0 heterocycles. The summed E-state index contributed by atoms with van der Waals surface area (Å²) in [5.74, 6) is -1.14. The average molecular weight is 229 g/mol. The molecule has 0 aliphatic carbocycles. The second-order valence-corrected chi connectivity index (χ2v) is 4.02. The molecule has 0 aliphatic rings. The summed E-state index contributed by atoms with van der Waals surface area (Å²) in [4.78, 5) is 0. The maximum Gasteiger partial charge on any atom is 1.00 e. The Labute approximate surface area is 105 Å². The van der Waals surface area contributed by atoms with Crippen LogP contribution < -0.4 is 35.3 Å². The fraction of sp³-hybridized carbons (Fsp3) is 0.143. The van der Waals surface area contributed by atoms with Gasteiger partial charge in [-0.15, -0.1) is 0 Å². The van der Waals surface area contributed by atoms with Crippen LogP contribution in [-0.2, 0) is 15.9 Å². The molecule has 0 bridgehead atoms. The van der Waals surface area contributed by atoms with Crippen molar-refractivity contribution >= 4 is 15.8 Å². The SMILES string of the molecule is Nc1cc(F)ccc1CS(=O)(=O)O.[H-].[Na+]. The first kappa shape index (κ1) is 13.9. The minimum absolute atomic E-state index is 0. The van der Waals surface area contributed by atoms with Gasteiger partial charge in [0.15, 0.2) is 0 Å². The first-order valence-electron chi connectivity index (χ1n) is 3.37. The van der Waals surface area contributed by atoms with Crippen LogP contribution in [0.3, 0.4) is 0 Å². The van der Waals surface area contributed by atoms with Crippen molar-refractivity contribution in [2.45, 2.75) is 5.75 Å². The maximum absolute atomic E-state index is 12.5. The molecule has 0 saturated carbocycles. The number of benzene rings is 1. The van der Waals surface area contributed by atoms with E-state index in [-0.39, 0.29) is 42.2 Å². The molecular weight excluding hydrogens is 220 g/mol. The first-order chi connectivity index (χ1) is 5.88. The van der Waals surface area contributed by atoms with Crippen molar-refractivity contribution in [3.8, 4) is 0 Å². The van der Waals surface area contributed by atoms with Crippen molar-refractivity contribution in [2.75, 3.05) is 5.73 Å². The van der Waals surface area contributed by atoms with Gasteiger partial charge < -0.3 is 7.16 Å². The van der Waals surface area contributed by atoms with Gasteiger partial charge in [-0.3, -0.25) is 4.55 Å². The number of nitrogens with two attached hydrogens (primary N) is 1. The Balaban J connectivity index is 0. The summed E-state index contributed by atoms with van der Waals surface area (Å²) in [6, 6.07) is 3.30. The van der Waals surface area contributed by atoms with E-state index in [1.807, 2.05) is 0 Å². The Morgan fingerprint density at radius 2 is 2.07 bits per heavy atom. The summed E-state index contributed by atoms with van der Waals surface area (Å²) in [5.41, 5.74) is 5.51. The monoisotopic (exact) mass is 229 g/mol. The Bertz CT molecular complexity index is 426. The summed E-state index contributed by atoms with van der Waals surface area (Å²) in [6.07, 6.45) is 0. The van der Waals surface area contributed by atoms with Crippen LogP contribution in [-0.4, -0.2) is 13.0 Å². The minimum Gasteiger partial charge on any atom is -1.00 e. The molecule has 0 fully saturated rings. The van der Waals surface area contributed by atoms with E-state index in [9.17, 15) is 12.8 Å². The van der Waals surface area contributed by atoms with E-state index < -0.39 is 21.7 Å². The van der Waals surface area contributed by atoms with Crippen LogP contribution in [0.1, 0.15) is 6.99 Å². The van der Waals surface area contributed by atoms with Gasteiger partial charge in [-0.25, -0.2) is 4.39 Å². The van der Waals surface area contributed by atoms with Gasteiger partial charge in [-0.1, -0.05) is 6.07 Å². The fourth-order valence-corrected chi connectivity index (χ4v) is 1.55.